The van der Waals surface area contributed by atoms with Crippen molar-refractivity contribution in [1.29, 1.82) is 0 Å². The van der Waals surface area contributed by atoms with E-state index in [1.807, 2.05) is 47.4 Å². The van der Waals surface area contributed by atoms with Gasteiger partial charge in [0.15, 0.2) is 0 Å². The van der Waals surface area contributed by atoms with Gasteiger partial charge in [0, 0.05) is 11.8 Å². The quantitative estimate of drug-likeness (QED) is 0.634. The molecule has 21 heavy (non-hydrogen) atoms. The molecule has 2 aromatic carbocycles. The first-order valence-electron chi connectivity index (χ1n) is 6.96. The van der Waals surface area contributed by atoms with Gasteiger partial charge in [0.05, 0.1) is 17.3 Å². The fraction of sp³-hybridized carbons (Fsp3) is 0.167. The molecule has 0 saturated heterocycles. The lowest BCUT2D eigenvalue weighted by molar-refractivity contribution is 0.880. The minimum Gasteiger partial charge on any atom is -0.241 e. The van der Waals surface area contributed by atoms with E-state index in [0.717, 1.165) is 16.8 Å². The maximum Gasteiger partial charge on any atom is 0.0866 e. The van der Waals surface area contributed by atoms with Crippen LogP contribution in [0.15, 0.2) is 60.9 Å². The molecule has 0 aliphatic heterocycles. The van der Waals surface area contributed by atoms with Gasteiger partial charge >= 0.3 is 0 Å². The van der Waals surface area contributed by atoms with E-state index in [1.54, 1.807) is 0 Å². The Labute approximate surface area is 130 Å². The Balaban J connectivity index is 1.92. The highest BCUT2D eigenvalue weighted by Gasteiger charge is 2.14. The summed E-state index contributed by atoms with van der Waals surface area (Å²) >= 11 is 6.62. The second-order valence-electron chi connectivity index (χ2n) is 5.34. The third-order valence-electron chi connectivity index (χ3n) is 3.45. The minimum atomic E-state index is -0.180. The second-order valence-corrected chi connectivity index (χ2v) is 5.77. The molecule has 0 spiro atoms. The van der Waals surface area contributed by atoms with E-state index in [9.17, 15) is 0 Å². The largest absolute Gasteiger partial charge is 0.241 e. The van der Waals surface area contributed by atoms with Crippen molar-refractivity contribution in [3.05, 3.63) is 83.2 Å². The molecular weight excluding hydrogens is 280 g/mol. The molecule has 0 amide bonds. The molecule has 1 unspecified atom stereocenters. The first-order valence-corrected chi connectivity index (χ1v) is 7.39. The molecule has 3 rings (SSSR count). The zero-order valence-electron chi connectivity index (χ0n) is 12.1. The van der Waals surface area contributed by atoms with Gasteiger partial charge in [-0.05, 0) is 31.5 Å². The number of hydrogen-bond acceptors (Lipinski definition) is 1. The standard InChI is InChI=1S/C18H17ClN2/c1-13-8-14(2)10-15(9-13)18(19)16-11-20-21(12-16)17-6-4-3-5-7-17/h3-12,18H,1-2H3. The van der Waals surface area contributed by atoms with E-state index in [-0.39, 0.29) is 5.38 Å². The van der Waals surface area contributed by atoms with Crippen molar-refractivity contribution in [3.63, 3.8) is 0 Å². The first-order chi connectivity index (χ1) is 10.1. The van der Waals surface area contributed by atoms with E-state index in [4.69, 9.17) is 11.6 Å². The lowest BCUT2D eigenvalue weighted by atomic mass is 10.0. The lowest BCUT2D eigenvalue weighted by Crippen LogP contribution is -1.95. The van der Waals surface area contributed by atoms with Crippen molar-refractivity contribution in [2.75, 3.05) is 0 Å². The van der Waals surface area contributed by atoms with Crippen LogP contribution in [-0.4, -0.2) is 9.78 Å². The van der Waals surface area contributed by atoms with Crippen molar-refractivity contribution in [1.82, 2.24) is 9.78 Å². The third kappa shape index (κ3) is 3.01. The normalized spacial score (nSPS) is 12.3. The van der Waals surface area contributed by atoms with E-state index in [1.165, 1.54) is 11.1 Å². The highest BCUT2D eigenvalue weighted by Crippen LogP contribution is 2.30. The smallest absolute Gasteiger partial charge is 0.0866 e. The molecule has 3 aromatic rings. The molecule has 0 fully saturated rings. The van der Waals surface area contributed by atoms with E-state index < -0.39 is 0 Å². The summed E-state index contributed by atoms with van der Waals surface area (Å²) in [5.41, 5.74) is 5.61. The zero-order chi connectivity index (χ0) is 14.8. The number of rotatable bonds is 3. The van der Waals surface area contributed by atoms with Crippen LogP contribution in [0.3, 0.4) is 0 Å². The molecule has 0 N–H and O–H groups in total. The predicted octanol–water partition coefficient (Wildman–Crippen LogP) is 4.82. The maximum absolute atomic E-state index is 6.62. The molecule has 0 saturated carbocycles. The van der Waals surface area contributed by atoms with Crippen LogP contribution in [0.2, 0.25) is 0 Å². The first kappa shape index (κ1) is 13.9. The molecule has 0 bridgehead atoms. The van der Waals surface area contributed by atoms with Crippen molar-refractivity contribution in [2.24, 2.45) is 0 Å². The Kier molecular flexibility index (Phi) is 3.80. The maximum atomic E-state index is 6.62. The Morgan fingerprint density at radius 1 is 0.952 bits per heavy atom. The van der Waals surface area contributed by atoms with Gasteiger partial charge in [-0.15, -0.1) is 11.6 Å². The number of para-hydroxylation sites is 1. The molecule has 106 valence electrons. The van der Waals surface area contributed by atoms with Crippen molar-refractivity contribution in [2.45, 2.75) is 19.2 Å². The topological polar surface area (TPSA) is 17.8 Å². The summed E-state index contributed by atoms with van der Waals surface area (Å²) < 4.78 is 1.85. The number of aromatic nitrogens is 2. The summed E-state index contributed by atoms with van der Waals surface area (Å²) in [5.74, 6) is 0. The van der Waals surface area contributed by atoms with Gasteiger partial charge in [0.1, 0.15) is 0 Å². The molecule has 0 aliphatic carbocycles. The monoisotopic (exact) mass is 296 g/mol. The van der Waals surface area contributed by atoms with Crippen LogP contribution in [-0.2, 0) is 0 Å². The minimum absolute atomic E-state index is 0.180. The van der Waals surface area contributed by atoms with Gasteiger partial charge in [-0.3, -0.25) is 0 Å². The highest BCUT2D eigenvalue weighted by atomic mass is 35.5. The van der Waals surface area contributed by atoms with Gasteiger partial charge in [0.25, 0.3) is 0 Å². The van der Waals surface area contributed by atoms with E-state index in [2.05, 4.69) is 37.1 Å². The van der Waals surface area contributed by atoms with E-state index >= 15 is 0 Å². The number of benzene rings is 2. The average molecular weight is 297 g/mol. The van der Waals surface area contributed by atoms with Crippen LogP contribution in [0.5, 0.6) is 0 Å². The Morgan fingerprint density at radius 3 is 2.29 bits per heavy atom. The SMILES string of the molecule is Cc1cc(C)cc(C(Cl)c2cnn(-c3ccccc3)c2)c1. The van der Waals surface area contributed by atoms with Gasteiger partial charge in [-0.2, -0.15) is 5.10 Å². The Hall–Kier alpha value is -2.06. The van der Waals surface area contributed by atoms with Gasteiger partial charge in [0.2, 0.25) is 0 Å². The summed E-state index contributed by atoms with van der Waals surface area (Å²) in [4.78, 5) is 0. The summed E-state index contributed by atoms with van der Waals surface area (Å²) in [6.45, 7) is 4.18. The van der Waals surface area contributed by atoms with E-state index in [0.29, 0.717) is 0 Å². The Bertz CT molecular complexity index is 727. The molecule has 0 radical (unpaired) electrons. The number of alkyl halides is 1. The predicted molar refractivity (Wildman–Crippen MR) is 87.2 cm³/mol. The fourth-order valence-electron chi connectivity index (χ4n) is 2.54. The average Bonchev–Trinajstić information content (AvgIpc) is 2.96. The van der Waals surface area contributed by atoms with Gasteiger partial charge in [-0.1, -0.05) is 47.5 Å². The zero-order valence-corrected chi connectivity index (χ0v) is 12.9. The molecule has 3 heteroatoms. The lowest BCUT2D eigenvalue weighted by Gasteiger charge is -2.10. The number of nitrogens with zero attached hydrogens (tertiary/aromatic N) is 2. The van der Waals surface area contributed by atoms with Crippen molar-refractivity contribution in [3.8, 4) is 5.69 Å². The highest BCUT2D eigenvalue weighted by molar-refractivity contribution is 6.22. The van der Waals surface area contributed by atoms with Gasteiger partial charge < -0.3 is 0 Å². The van der Waals surface area contributed by atoms with Crippen LogP contribution >= 0.6 is 11.6 Å². The molecule has 0 aliphatic rings. The number of aryl methyl sites for hydroxylation is 2. The van der Waals surface area contributed by atoms with Crippen LogP contribution in [0.1, 0.15) is 27.6 Å². The Morgan fingerprint density at radius 2 is 1.62 bits per heavy atom. The van der Waals surface area contributed by atoms with Crippen molar-refractivity contribution >= 4 is 11.6 Å². The van der Waals surface area contributed by atoms with Crippen LogP contribution in [0.4, 0.5) is 0 Å². The summed E-state index contributed by atoms with van der Waals surface area (Å²) in [6.07, 6.45) is 3.83. The molecular formula is C18H17ClN2. The van der Waals surface area contributed by atoms with Crippen LogP contribution < -0.4 is 0 Å². The van der Waals surface area contributed by atoms with Gasteiger partial charge in [-0.25, -0.2) is 4.68 Å². The number of halogens is 1. The molecule has 1 heterocycles. The molecule has 1 atom stereocenters. The van der Waals surface area contributed by atoms with Crippen molar-refractivity contribution < 1.29 is 0 Å². The summed E-state index contributed by atoms with van der Waals surface area (Å²) in [7, 11) is 0. The molecule has 1 aromatic heterocycles. The van der Waals surface area contributed by atoms with Crippen LogP contribution in [0.25, 0.3) is 5.69 Å². The second kappa shape index (κ2) is 5.74. The third-order valence-corrected chi connectivity index (χ3v) is 3.96. The van der Waals surface area contributed by atoms with Crippen LogP contribution in [0, 0.1) is 13.8 Å². The summed E-state index contributed by atoms with van der Waals surface area (Å²) in [6, 6.07) is 16.5. The molecule has 2 nitrogen and oxygen atoms in total. The number of hydrogen-bond donors (Lipinski definition) is 0. The summed E-state index contributed by atoms with van der Waals surface area (Å²) in [5, 5.41) is 4.23. The fourth-order valence-corrected chi connectivity index (χ4v) is 2.78.